The minimum atomic E-state index is -0.340. The maximum atomic E-state index is 10.8. The van der Waals surface area contributed by atoms with E-state index in [4.69, 9.17) is 5.73 Å². The molecule has 0 radical (unpaired) electrons. The molecule has 2 N–H and O–H groups in total. The molecule has 94 valence electrons. The summed E-state index contributed by atoms with van der Waals surface area (Å²) in [6.07, 6.45) is 1.63. The van der Waals surface area contributed by atoms with Crippen LogP contribution in [-0.4, -0.2) is 11.0 Å². The first-order valence-corrected chi connectivity index (χ1v) is 5.90. The van der Waals surface area contributed by atoms with Crippen molar-refractivity contribution in [3.8, 4) is 0 Å². The van der Waals surface area contributed by atoms with E-state index in [9.17, 15) is 10.1 Å². The summed E-state index contributed by atoms with van der Waals surface area (Å²) in [6, 6.07) is 5.24. The van der Waals surface area contributed by atoms with Gasteiger partial charge in [-0.25, -0.2) is 0 Å². The van der Waals surface area contributed by atoms with Crippen LogP contribution in [0.4, 0.5) is 5.69 Å². The minimum Gasteiger partial charge on any atom is -0.327 e. The van der Waals surface area contributed by atoms with Crippen LogP contribution in [0.5, 0.6) is 0 Å². The van der Waals surface area contributed by atoms with E-state index in [1.54, 1.807) is 13.0 Å². The van der Waals surface area contributed by atoms with Crippen LogP contribution in [0.15, 0.2) is 18.2 Å². The quantitative estimate of drug-likeness (QED) is 0.631. The van der Waals surface area contributed by atoms with Crippen LogP contribution in [0.3, 0.4) is 0 Å². The van der Waals surface area contributed by atoms with Crippen molar-refractivity contribution in [1.82, 2.24) is 0 Å². The number of nitro benzene ring substituents is 1. The van der Waals surface area contributed by atoms with Crippen molar-refractivity contribution in [3.63, 3.8) is 0 Å². The highest BCUT2D eigenvalue weighted by molar-refractivity contribution is 5.44. The molecule has 0 amide bonds. The Labute approximate surface area is 102 Å². The fraction of sp³-hybridized carbons (Fsp3) is 0.538. The zero-order valence-electron chi connectivity index (χ0n) is 10.6. The monoisotopic (exact) mass is 236 g/mol. The summed E-state index contributed by atoms with van der Waals surface area (Å²) in [7, 11) is 0. The fourth-order valence-electron chi connectivity index (χ4n) is 2.06. The molecule has 0 spiro atoms. The first kappa shape index (κ1) is 13.6. The Hall–Kier alpha value is -1.42. The molecule has 0 heterocycles. The third-order valence-electron chi connectivity index (χ3n) is 2.87. The number of nitrogens with two attached hydrogens (primary N) is 1. The van der Waals surface area contributed by atoms with E-state index in [1.165, 1.54) is 6.07 Å². The van der Waals surface area contributed by atoms with E-state index >= 15 is 0 Å². The van der Waals surface area contributed by atoms with Crippen LogP contribution < -0.4 is 5.73 Å². The van der Waals surface area contributed by atoms with Gasteiger partial charge in [-0.2, -0.15) is 0 Å². The molecular weight excluding hydrogens is 216 g/mol. The van der Waals surface area contributed by atoms with Crippen LogP contribution in [0.2, 0.25) is 0 Å². The Kier molecular flexibility index (Phi) is 4.63. The SMILES string of the molecule is Cc1c(CC(N)CC(C)C)cccc1[N+](=O)[O-]. The van der Waals surface area contributed by atoms with Gasteiger partial charge in [0.05, 0.1) is 4.92 Å². The molecule has 1 unspecified atom stereocenters. The molecule has 17 heavy (non-hydrogen) atoms. The van der Waals surface area contributed by atoms with E-state index in [1.807, 2.05) is 6.07 Å². The summed E-state index contributed by atoms with van der Waals surface area (Å²) < 4.78 is 0. The number of hydrogen-bond donors (Lipinski definition) is 1. The Morgan fingerprint density at radius 3 is 2.59 bits per heavy atom. The predicted molar refractivity (Wildman–Crippen MR) is 69.0 cm³/mol. The molecule has 1 aromatic carbocycles. The summed E-state index contributed by atoms with van der Waals surface area (Å²) >= 11 is 0. The van der Waals surface area contributed by atoms with Crippen molar-refractivity contribution in [3.05, 3.63) is 39.4 Å². The summed E-state index contributed by atoms with van der Waals surface area (Å²) in [4.78, 5) is 10.5. The second kappa shape index (κ2) is 5.77. The van der Waals surface area contributed by atoms with Gasteiger partial charge in [0.2, 0.25) is 0 Å². The van der Waals surface area contributed by atoms with Crippen molar-refractivity contribution >= 4 is 5.69 Å². The van der Waals surface area contributed by atoms with Crippen molar-refractivity contribution in [2.45, 2.75) is 39.7 Å². The normalized spacial score (nSPS) is 12.8. The lowest BCUT2D eigenvalue weighted by molar-refractivity contribution is -0.385. The molecule has 1 rings (SSSR count). The van der Waals surface area contributed by atoms with E-state index in [2.05, 4.69) is 13.8 Å². The maximum absolute atomic E-state index is 10.8. The molecule has 0 fully saturated rings. The molecule has 0 aliphatic carbocycles. The lowest BCUT2D eigenvalue weighted by Gasteiger charge is -2.15. The molecule has 1 atom stereocenters. The Morgan fingerprint density at radius 2 is 2.06 bits per heavy atom. The van der Waals surface area contributed by atoms with Crippen LogP contribution in [0.25, 0.3) is 0 Å². The number of rotatable bonds is 5. The number of hydrogen-bond acceptors (Lipinski definition) is 3. The molecular formula is C13H20N2O2. The molecule has 0 aliphatic heterocycles. The Balaban J connectivity index is 2.85. The highest BCUT2D eigenvalue weighted by Gasteiger charge is 2.15. The van der Waals surface area contributed by atoms with Gasteiger partial charge < -0.3 is 5.73 Å². The van der Waals surface area contributed by atoms with Crippen molar-refractivity contribution in [2.24, 2.45) is 11.7 Å². The number of nitro groups is 1. The topological polar surface area (TPSA) is 69.2 Å². The highest BCUT2D eigenvalue weighted by Crippen LogP contribution is 2.22. The van der Waals surface area contributed by atoms with Crippen molar-refractivity contribution in [2.75, 3.05) is 0 Å². The predicted octanol–water partition coefficient (Wildman–Crippen LogP) is 2.82. The van der Waals surface area contributed by atoms with Gasteiger partial charge in [0, 0.05) is 17.7 Å². The molecule has 0 bridgehead atoms. The summed E-state index contributed by atoms with van der Waals surface area (Å²) in [6.45, 7) is 6.04. The molecule has 0 saturated carbocycles. The molecule has 4 heteroatoms. The van der Waals surface area contributed by atoms with Crippen LogP contribution >= 0.6 is 0 Å². The first-order chi connectivity index (χ1) is 7.91. The van der Waals surface area contributed by atoms with Gasteiger partial charge in [-0.05, 0) is 31.2 Å². The van der Waals surface area contributed by atoms with Gasteiger partial charge in [0.1, 0.15) is 0 Å². The van der Waals surface area contributed by atoms with Crippen molar-refractivity contribution < 1.29 is 4.92 Å². The molecule has 0 saturated heterocycles. The third-order valence-corrected chi connectivity index (χ3v) is 2.87. The lowest BCUT2D eigenvalue weighted by Crippen LogP contribution is -2.25. The lowest BCUT2D eigenvalue weighted by atomic mass is 9.95. The molecule has 0 aliphatic rings. The average Bonchev–Trinajstić information content (AvgIpc) is 2.19. The molecule has 4 nitrogen and oxygen atoms in total. The second-order valence-electron chi connectivity index (χ2n) is 4.91. The van der Waals surface area contributed by atoms with Crippen LogP contribution in [0, 0.1) is 23.0 Å². The standard InChI is InChI=1S/C13H20N2O2/c1-9(2)7-12(14)8-11-5-4-6-13(10(11)3)15(16)17/h4-6,9,12H,7-8,14H2,1-3H3. The summed E-state index contributed by atoms with van der Waals surface area (Å²) in [5, 5.41) is 10.8. The molecule has 1 aromatic rings. The van der Waals surface area contributed by atoms with E-state index in [0.29, 0.717) is 12.3 Å². The van der Waals surface area contributed by atoms with Crippen LogP contribution in [-0.2, 0) is 6.42 Å². The summed E-state index contributed by atoms with van der Waals surface area (Å²) in [5.41, 5.74) is 7.92. The van der Waals surface area contributed by atoms with E-state index in [0.717, 1.165) is 17.5 Å². The number of benzene rings is 1. The number of nitrogens with zero attached hydrogens (tertiary/aromatic N) is 1. The Bertz CT molecular complexity index is 402. The summed E-state index contributed by atoms with van der Waals surface area (Å²) in [5.74, 6) is 0.545. The third kappa shape index (κ3) is 3.82. The molecule has 0 aromatic heterocycles. The second-order valence-corrected chi connectivity index (χ2v) is 4.91. The van der Waals surface area contributed by atoms with Crippen molar-refractivity contribution in [1.29, 1.82) is 0 Å². The fourth-order valence-corrected chi connectivity index (χ4v) is 2.06. The van der Waals surface area contributed by atoms with E-state index in [-0.39, 0.29) is 16.7 Å². The van der Waals surface area contributed by atoms with Gasteiger partial charge in [0.25, 0.3) is 5.69 Å². The Morgan fingerprint density at radius 1 is 1.41 bits per heavy atom. The first-order valence-electron chi connectivity index (χ1n) is 5.90. The van der Waals surface area contributed by atoms with Gasteiger partial charge in [-0.15, -0.1) is 0 Å². The van der Waals surface area contributed by atoms with Gasteiger partial charge in [-0.3, -0.25) is 10.1 Å². The van der Waals surface area contributed by atoms with Gasteiger partial charge >= 0.3 is 0 Å². The minimum absolute atomic E-state index is 0.0655. The van der Waals surface area contributed by atoms with E-state index < -0.39 is 0 Å². The van der Waals surface area contributed by atoms with Gasteiger partial charge in [-0.1, -0.05) is 26.0 Å². The zero-order chi connectivity index (χ0) is 13.0. The zero-order valence-corrected chi connectivity index (χ0v) is 10.6. The smallest absolute Gasteiger partial charge is 0.272 e. The maximum Gasteiger partial charge on any atom is 0.272 e. The van der Waals surface area contributed by atoms with Crippen LogP contribution in [0.1, 0.15) is 31.4 Å². The van der Waals surface area contributed by atoms with Gasteiger partial charge in [0.15, 0.2) is 0 Å². The largest absolute Gasteiger partial charge is 0.327 e. The highest BCUT2D eigenvalue weighted by atomic mass is 16.6. The average molecular weight is 236 g/mol.